The maximum atomic E-state index is 12.3. The number of nitrogens with one attached hydrogen (secondary N) is 3. The molecule has 1 saturated carbocycles. The van der Waals surface area contributed by atoms with Gasteiger partial charge in [-0.05, 0) is 25.0 Å². The van der Waals surface area contributed by atoms with Gasteiger partial charge in [-0.15, -0.1) is 0 Å². The first kappa shape index (κ1) is 21.3. The van der Waals surface area contributed by atoms with E-state index in [-0.39, 0.29) is 23.9 Å². The lowest BCUT2D eigenvalue weighted by Crippen LogP contribution is -2.47. The SMILES string of the molecule is COc1cc(C(=O)NNC(=O)CNC(=O)C2CCCCC2)cc(OC)c1OC. The summed E-state index contributed by atoms with van der Waals surface area (Å²) in [6.45, 7) is -0.204. The summed E-state index contributed by atoms with van der Waals surface area (Å²) in [5, 5.41) is 2.61. The largest absolute Gasteiger partial charge is 0.493 e. The molecule has 0 spiro atoms. The van der Waals surface area contributed by atoms with Crippen LogP contribution < -0.4 is 30.4 Å². The maximum absolute atomic E-state index is 12.3. The van der Waals surface area contributed by atoms with Gasteiger partial charge in [0.25, 0.3) is 11.8 Å². The lowest BCUT2D eigenvalue weighted by Gasteiger charge is -2.20. The molecule has 0 saturated heterocycles. The van der Waals surface area contributed by atoms with Crippen LogP contribution in [0.5, 0.6) is 17.2 Å². The summed E-state index contributed by atoms with van der Waals surface area (Å²) >= 11 is 0. The van der Waals surface area contributed by atoms with E-state index in [0.717, 1.165) is 32.1 Å². The van der Waals surface area contributed by atoms with Gasteiger partial charge in [-0.2, -0.15) is 0 Å². The molecule has 9 nitrogen and oxygen atoms in total. The minimum atomic E-state index is -0.564. The third kappa shape index (κ3) is 5.51. The monoisotopic (exact) mass is 393 g/mol. The van der Waals surface area contributed by atoms with E-state index < -0.39 is 11.8 Å². The van der Waals surface area contributed by atoms with Crippen LogP contribution in [-0.2, 0) is 9.59 Å². The minimum Gasteiger partial charge on any atom is -0.493 e. The second kappa shape index (κ2) is 10.4. The average Bonchev–Trinajstić information content (AvgIpc) is 2.74. The van der Waals surface area contributed by atoms with Gasteiger partial charge in [0.1, 0.15) is 0 Å². The summed E-state index contributed by atoms with van der Waals surface area (Å²) in [7, 11) is 4.34. The maximum Gasteiger partial charge on any atom is 0.269 e. The Bertz CT molecular complexity index is 691. The van der Waals surface area contributed by atoms with Crippen molar-refractivity contribution in [1.29, 1.82) is 0 Å². The number of ether oxygens (including phenoxy) is 3. The van der Waals surface area contributed by atoms with Gasteiger partial charge in [0, 0.05) is 11.5 Å². The van der Waals surface area contributed by atoms with Crippen LogP contribution in [-0.4, -0.2) is 45.6 Å². The zero-order valence-electron chi connectivity index (χ0n) is 16.4. The molecule has 0 radical (unpaired) electrons. The van der Waals surface area contributed by atoms with Gasteiger partial charge in [0.05, 0.1) is 27.9 Å². The Morgan fingerprint density at radius 2 is 1.54 bits per heavy atom. The van der Waals surface area contributed by atoms with Crippen LogP contribution in [0.15, 0.2) is 12.1 Å². The molecule has 0 aliphatic heterocycles. The molecular weight excluding hydrogens is 366 g/mol. The van der Waals surface area contributed by atoms with E-state index in [2.05, 4.69) is 16.2 Å². The Morgan fingerprint density at radius 1 is 0.929 bits per heavy atom. The molecule has 28 heavy (non-hydrogen) atoms. The fourth-order valence-electron chi connectivity index (χ4n) is 3.13. The number of benzene rings is 1. The summed E-state index contributed by atoms with van der Waals surface area (Å²) in [6, 6.07) is 2.93. The van der Waals surface area contributed by atoms with E-state index in [4.69, 9.17) is 14.2 Å². The average molecular weight is 393 g/mol. The highest BCUT2D eigenvalue weighted by molar-refractivity contribution is 5.97. The molecule has 3 N–H and O–H groups in total. The molecule has 1 aromatic carbocycles. The smallest absolute Gasteiger partial charge is 0.269 e. The van der Waals surface area contributed by atoms with E-state index in [1.54, 1.807) is 0 Å². The summed E-state index contributed by atoms with van der Waals surface area (Å²) < 4.78 is 15.6. The van der Waals surface area contributed by atoms with Crippen LogP contribution in [0.1, 0.15) is 42.5 Å². The van der Waals surface area contributed by atoms with Gasteiger partial charge >= 0.3 is 0 Å². The number of hydrazine groups is 1. The van der Waals surface area contributed by atoms with Crippen molar-refractivity contribution in [3.05, 3.63) is 17.7 Å². The Hall–Kier alpha value is -2.97. The van der Waals surface area contributed by atoms with E-state index in [1.165, 1.54) is 33.5 Å². The molecule has 0 aromatic heterocycles. The molecule has 0 atom stereocenters. The molecule has 3 amide bonds. The topological polar surface area (TPSA) is 115 Å². The quantitative estimate of drug-likeness (QED) is 0.599. The first-order chi connectivity index (χ1) is 13.5. The molecule has 1 aliphatic rings. The molecule has 0 heterocycles. The molecule has 0 bridgehead atoms. The fourth-order valence-corrected chi connectivity index (χ4v) is 3.13. The highest BCUT2D eigenvalue weighted by Gasteiger charge is 2.21. The van der Waals surface area contributed by atoms with Gasteiger partial charge in [0.15, 0.2) is 11.5 Å². The minimum absolute atomic E-state index is 0.0321. The second-order valence-electron chi connectivity index (χ2n) is 6.47. The number of amides is 3. The van der Waals surface area contributed by atoms with Crippen molar-refractivity contribution in [3.8, 4) is 17.2 Å². The van der Waals surface area contributed by atoms with Crippen molar-refractivity contribution in [2.45, 2.75) is 32.1 Å². The molecule has 1 aliphatic carbocycles. The molecule has 1 fully saturated rings. The van der Waals surface area contributed by atoms with Gasteiger partial charge < -0.3 is 19.5 Å². The predicted octanol–water partition coefficient (Wildman–Crippen LogP) is 1.17. The Kier molecular flexibility index (Phi) is 7.91. The van der Waals surface area contributed by atoms with Crippen LogP contribution in [0.25, 0.3) is 0 Å². The van der Waals surface area contributed by atoms with E-state index in [1.807, 2.05) is 0 Å². The highest BCUT2D eigenvalue weighted by atomic mass is 16.5. The summed E-state index contributed by atoms with van der Waals surface area (Å²) in [4.78, 5) is 36.3. The number of rotatable bonds is 7. The van der Waals surface area contributed by atoms with Crippen molar-refractivity contribution in [1.82, 2.24) is 16.2 Å². The van der Waals surface area contributed by atoms with Crippen LogP contribution >= 0.6 is 0 Å². The van der Waals surface area contributed by atoms with Crippen molar-refractivity contribution in [2.24, 2.45) is 5.92 Å². The first-order valence-corrected chi connectivity index (χ1v) is 9.17. The lowest BCUT2D eigenvalue weighted by atomic mass is 9.89. The van der Waals surface area contributed by atoms with Crippen molar-refractivity contribution in [2.75, 3.05) is 27.9 Å². The third-order valence-corrected chi connectivity index (χ3v) is 4.64. The van der Waals surface area contributed by atoms with Crippen LogP contribution in [0.3, 0.4) is 0 Å². The number of hydrogen-bond donors (Lipinski definition) is 3. The highest BCUT2D eigenvalue weighted by Crippen LogP contribution is 2.38. The summed E-state index contributed by atoms with van der Waals surface area (Å²) in [5.74, 6) is -0.246. The Labute approximate surface area is 164 Å². The zero-order chi connectivity index (χ0) is 20.5. The molecule has 0 unspecified atom stereocenters. The lowest BCUT2D eigenvalue weighted by molar-refractivity contribution is -0.129. The molecular formula is C19H27N3O6. The van der Waals surface area contributed by atoms with Gasteiger partial charge in [0.2, 0.25) is 11.7 Å². The van der Waals surface area contributed by atoms with Crippen LogP contribution in [0.2, 0.25) is 0 Å². The van der Waals surface area contributed by atoms with Crippen LogP contribution in [0.4, 0.5) is 0 Å². The van der Waals surface area contributed by atoms with Gasteiger partial charge in [-0.3, -0.25) is 25.2 Å². The molecule has 154 valence electrons. The third-order valence-electron chi connectivity index (χ3n) is 4.64. The van der Waals surface area contributed by atoms with Crippen molar-refractivity contribution in [3.63, 3.8) is 0 Å². The Balaban J connectivity index is 1.87. The predicted molar refractivity (Wildman–Crippen MR) is 101 cm³/mol. The standard InChI is InChI=1S/C19H27N3O6/c1-26-14-9-13(10-15(27-2)17(14)28-3)19(25)22-21-16(23)11-20-18(24)12-7-5-4-6-8-12/h9-10,12H,4-8,11H2,1-3H3,(H,20,24)(H,21,23)(H,22,25). The molecule has 2 rings (SSSR count). The normalized spacial score (nSPS) is 14.0. The van der Waals surface area contributed by atoms with E-state index in [9.17, 15) is 14.4 Å². The number of carbonyl (C=O) groups excluding carboxylic acids is 3. The number of carbonyl (C=O) groups is 3. The second-order valence-corrected chi connectivity index (χ2v) is 6.47. The van der Waals surface area contributed by atoms with Gasteiger partial charge in [-0.25, -0.2) is 0 Å². The Morgan fingerprint density at radius 3 is 2.07 bits per heavy atom. The van der Waals surface area contributed by atoms with E-state index >= 15 is 0 Å². The van der Waals surface area contributed by atoms with Crippen molar-refractivity contribution < 1.29 is 28.6 Å². The summed E-state index contributed by atoms with van der Waals surface area (Å²) in [6.07, 6.45) is 4.93. The molecule has 9 heteroatoms. The summed E-state index contributed by atoms with van der Waals surface area (Å²) in [5.41, 5.74) is 4.79. The number of hydrogen-bond acceptors (Lipinski definition) is 6. The first-order valence-electron chi connectivity index (χ1n) is 9.17. The molecule has 1 aromatic rings. The number of methoxy groups -OCH3 is 3. The zero-order valence-corrected chi connectivity index (χ0v) is 16.4. The fraction of sp³-hybridized carbons (Fsp3) is 0.526. The van der Waals surface area contributed by atoms with Gasteiger partial charge in [-0.1, -0.05) is 19.3 Å². The van der Waals surface area contributed by atoms with E-state index in [0.29, 0.717) is 17.2 Å². The van der Waals surface area contributed by atoms with Crippen LogP contribution in [0, 0.1) is 5.92 Å². The van der Waals surface area contributed by atoms with Crippen molar-refractivity contribution >= 4 is 17.7 Å².